The Balaban J connectivity index is 2.00. The van der Waals surface area contributed by atoms with Gasteiger partial charge in [-0.2, -0.15) is 0 Å². The Kier molecular flexibility index (Phi) is 6.67. The molecule has 0 aliphatic heterocycles. The summed E-state index contributed by atoms with van der Waals surface area (Å²) in [5.74, 6) is -0.0535. The monoisotopic (exact) mass is 380 g/mol. The van der Waals surface area contributed by atoms with Crippen LogP contribution in [0, 0.1) is 6.92 Å². The highest BCUT2D eigenvalue weighted by atomic mass is 35.5. The summed E-state index contributed by atoms with van der Waals surface area (Å²) in [6.07, 6.45) is 0.381. The third kappa shape index (κ3) is 5.37. The summed E-state index contributed by atoms with van der Waals surface area (Å²) in [4.78, 5) is 23.7. The summed E-state index contributed by atoms with van der Waals surface area (Å²) in [7, 11) is 0. The van der Waals surface area contributed by atoms with Crippen molar-refractivity contribution in [3.05, 3.63) is 52.0 Å². The normalized spacial score (nSPS) is 10.2. The zero-order valence-electron chi connectivity index (χ0n) is 13.9. The zero-order chi connectivity index (χ0) is 18.4. The Morgan fingerprint density at radius 3 is 2.28 bits per heavy atom. The van der Waals surface area contributed by atoms with E-state index in [1.54, 1.807) is 43.3 Å². The van der Waals surface area contributed by atoms with Gasteiger partial charge >= 0.3 is 0 Å². The van der Waals surface area contributed by atoms with Crippen LogP contribution in [0.5, 0.6) is 5.75 Å². The molecule has 0 spiro atoms. The first kappa shape index (κ1) is 19.1. The molecule has 0 radical (unpaired) electrons. The number of benzene rings is 2. The Labute approximate surface area is 156 Å². The molecule has 0 aliphatic rings. The summed E-state index contributed by atoms with van der Waals surface area (Å²) in [5, 5.41) is 6.37. The van der Waals surface area contributed by atoms with Gasteiger partial charge in [0.15, 0.2) is 6.61 Å². The van der Waals surface area contributed by atoms with Crippen molar-refractivity contribution in [3.63, 3.8) is 0 Å². The minimum atomic E-state index is -0.340. The molecule has 132 valence electrons. The molecule has 2 aromatic rings. The van der Waals surface area contributed by atoms with Crippen molar-refractivity contribution in [1.29, 1.82) is 0 Å². The molecule has 7 heteroatoms. The minimum Gasteiger partial charge on any atom is -0.482 e. The standard InChI is InChI=1S/C18H18Cl2N2O3/c1-3-17(23)21-14-5-4-6-15(11(14)2)22-18(24)10-25-16-8-7-12(19)9-13(16)20/h4-9H,3,10H2,1-2H3,(H,21,23)(H,22,24). The number of rotatable bonds is 6. The van der Waals surface area contributed by atoms with E-state index in [0.717, 1.165) is 5.56 Å². The maximum atomic E-state index is 12.1. The largest absolute Gasteiger partial charge is 0.482 e. The second-order valence-electron chi connectivity index (χ2n) is 5.29. The molecule has 0 heterocycles. The number of carbonyl (C=O) groups is 2. The molecule has 2 N–H and O–H groups in total. The van der Waals surface area contributed by atoms with Gasteiger partial charge in [0, 0.05) is 22.8 Å². The summed E-state index contributed by atoms with van der Waals surface area (Å²) in [5.41, 5.74) is 2.03. The molecule has 0 aromatic heterocycles. The van der Waals surface area contributed by atoms with E-state index in [4.69, 9.17) is 27.9 Å². The zero-order valence-corrected chi connectivity index (χ0v) is 15.4. The first-order chi connectivity index (χ1) is 11.9. The molecular weight excluding hydrogens is 363 g/mol. The Bertz CT molecular complexity index is 794. The van der Waals surface area contributed by atoms with Crippen molar-refractivity contribution in [2.24, 2.45) is 0 Å². The molecular formula is C18H18Cl2N2O3. The Morgan fingerprint density at radius 1 is 1.04 bits per heavy atom. The number of carbonyl (C=O) groups excluding carboxylic acids is 2. The molecule has 0 aliphatic carbocycles. The van der Waals surface area contributed by atoms with Crippen molar-refractivity contribution in [3.8, 4) is 5.75 Å². The van der Waals surface area contributed by atoms with Gasteiger partial charge in [-0.05, 0) is 42.8 Å². The third-order valence-corrected chi connectivity index (χ3v) is 3.99. The van der Waals surface area contributed by atoms with Gasteiger partial charge in [0.25, 0.3) is 5.91 Å². The number of nitrogens with one attached hydrogen (secondary N) is 2. The van der Waals surface area contributed by atoms with E-state index in [1.165, 1.54) is 0 Å². The molecule has 2 amide bonds. The summed E-state index contributed by atoms with van der Waals surface area (Å²) >= 11 is 11.8. The van der Waals surface area contributed by atoms with Gasteiger partial charge < -0.3 is 15.4 Å². The van der Waals surface area contributed by atoms with Crippen molar-refractivity contribution < 1.29 is 14.3 Å². The van der Waals surface area contributed by atoms with Gasteiger partial charge in [0.1, 0.15) is 5.75 Å². The lowest BCUT2D eigenvalue weighted by Crippen LogP contribution is -2.21. The predicted octanol–water partition coefficient (Wildman–Crippen LogP) is 4.67. The fourth-order valence-electron chi connectivity index (χ4n) is 2.07. The highest BCUT2D eigenvalue weighted by molar-refractivity contribution is 6.35. The maximum absolute atomic E-state index is 12.1. The van der Waals surface area contributed by atoms with Crippen LogP contribution in [-0.2, 0) is 9.59 Å². The van der Waals surface area contributed by atoms with Crippen LogP contribution in [0.2, 0.25) is 10.0 Å². The number of halogens is 2. The average molecular weight is 381 g/mol. The minimum absolute atomic E-state index is 0.0905. The van der Waals surface area contributed by atoms with Crippen LogP contribution in [0.25, 0.3) is 0 Å². The van der Waals surface area contributed by atoms with Crippen LogP contribution in [-0.4, -0.2) is 18.4 Å². The lowest BCUT2D eigenvalue weighted by atomic mass is 10.1. The lowest BCUT2D eigenvalue weighted by Gasteiger charge is -2.14. The van der Waals surface area contributed by atoms with Crippen LogP contribution in [0.15, 0.2) is 36.4 Å². The third-order valence-electron chi connectivity index (χ3n) is 3.46. The molecule has 2 rings (SSSR count). The quantitative estimate of drug-likeness (QED) is 0.764. The summed E-state index contributed by atoms with van der Waals surface area (Å²) in [6, 6.07) is 10.1. The van der Waals surface area contributed by atoms with Gasteiger partial charge in [-0.3, -0.25) is 9.59 Å². The summed E-state index contributed by atoms with van der Waals surface area (Å²) < 4.78 is 5.41. The van der Waals surface area contributed by atoms with Crippen molar-refractivity contribution in [1.82, 2.24) is 0 Å². The molecule has 5 nitrogen and oxygen atoms in total. The highest BCUT2D eigenvalue weighted by Gasteiger charge is 2.11. The highest BCUT2D eigenvalue weighted by Crippen LogP contribution is 2.27. The first-order valence-electron chi connectivity index (χ1n) is 7.68. The second-order valence-corrected chi connectivity index (χ2v) is 6.14. The van der Waals surface area contributed by atoms with Crippen molar-refractivity contribution in [2.45, 2.75) is 20.3 Å². The van der Waals surface area contributed by atoms with Gasteiger partial charge in [-0.15, -0.1) is 0 Å². The van der Waals surface area contributed by atoms with E-state index in [9.17, 15) is 9.59 Å². The first-order valence-corrected chi connectivity index (χ1v) is 8.43. The summed E-state index contributed by atoms with van der Waals surface area (Å²) in [6.45, 7) is 3.39. The maximum Gasteiger partial charge on any atom is 0.262 e. The molecule has 25 heavy (non-hydrogen) atoms. The molecule has 0 atom stereocenters. The van der Waals surface area contributed by atoms with E-state index in [-0.39, 0.29) is 18.4 Å². The van der Waals surface area contributed by atoms with E-state index in [0.29, 0.717) is 33.6 Å². The number of anilines is 2. The van der Waals surface area contributed by atoms with E-state index < -0.39 is 0 Å². The SMILES string of the molecule is CCC(=O)Nc1cccc(NC(=O)COc2ccc(Cl)cc2Cl)c1C. The van der Waals surface area contributed by atoms with Gasteiger partial charge in [0.05, 0.1) is 5.02 Å². The molecule has 0 fully saturated rings. The van der Waals surface area contributed by atoms with E-state index in [1.807, 2.05) is 6.92 Å². The molecule has 0 saturated heterocycles. The molecule has 0 saturated carbocycles. The van der Waals surface area contributed by atoms with Gasteiger partial charge in [-0.25, -0.2) is 0 Å². The number of amides is 2. The fourth-order valence-corrected chi connectivity index (χ4v) is 2.53. The van der Waals surface area contributed by atoms with Crippen molar-refractivity contribution >= 4 is 46.4 Å². The van der Waals surface area contributed by atoms with Crippen LogP contribution >= 0.6 is 23.2 Å². The van der Waals surface area contributed by atoms with Crippen LogP contribution in [0.4, 0.5) is 11.4 Å². The van der Waals surface area contributed by atoms with E-state index in [2.05, 4.69) is 10.6 Å². The smallest absolute Gasteiger partial charge is 0.262 e. The molecule has 2 aromatic carbocycles. The lowest BCUT2D eigenvalue weighted by molar-refractivity contribution is -0.118. The number of hydrogen-bond donors (Lipinski definition) is 2. The number of ether oxygens (including phenoxy) is 1. The average Bonchev–Trinajstić information content (AvgIpc) is 2.57. The van der Waals surface area contributed by atoms with Crippen LogP contribution in [0.1, 0.15) is 18.9 Å². The van der Waals surface area contributed by atoms with E-state index >= 15 is 0 Å². The van der Waals surface area contributed by atoms with Crippen LogP contribution < -0.4 is 15.4 Å². The molecule has 0 bridgehead atoms. The Hall–Kier alpha value is -2.24. The van der Waals surface area contributed by atoms with Gasteiger partial charge in [-0.1, -0.05) is 36.2 Å². The topological polar surface area (TPSA) is 67.4 Å². The van der Waals surface area contributed by atoms with Crippen molar-refractivity contribution in [2.75, 3.05) is 17.2 Å². The second kappa shape index (κ2) is 8.74. The predicted molar refractivity (Wildman–Crippen MR) is 101 cm³/mol. The molecule has 0 unspecified atom stereocenters. The van der Waals surface area contributed by atoms with Gasteiger partial charge in [0.2, 0.25) is 5.91 Å². The fraction of sp³-hybridized carbons (Fsp3) is 0.222. The van der Waals surface area contributed by atoms with Crippen LogP contribution in [0.3, 0.4) is 0 Å². The Morgan fingerprint density at radius 2 is 1.68 bits per heavy atom. The number of hydrogen-bond acceptors (Lipinski definition) is 3.